The van der Waals surface area contributed by atoms with Crippen molar-refractivity contribution >= 4 is 0 Å². The van der Waals surface area contributed by atoms with E-state index in [-0.39, 0.29) is 16.7 Å². The SMILES string of the molecule is N#Cc1ccc(F)c(COc2c(F)cc(CO)cc2F)c1. The summed E-state index contributed by atoms with van der Waals surface area (Å²) in [6.07, 6.45) is 0. The lowest BCUT2D eigenvalue weighted by atomic mass is 10.1. The topological polar surface area (TPSA) is 53.2 Å². The highest BCUT2D eigenvalue weighted by Gasteiger charge is 2.14. The van der Waals surface area contributed by atoms with Gasteiger partial charge < -0.3 is 9.84 Å². The van der Waals surface area contributed by atoms with Crippen LogP contribution in [0.5, 0.6) is 5.75 Å². The van der Waals surface area contributed by atoms with Gasteiger partial charge in [0.15, 0.2) is 17.4 Å². The van der Waals surface area contributed by atoms with Gasteiger partial charge in [-0.15, -0.1) is 0 Å². The van der Waals surface area contributed by atoms with Crippen LogP contribution in [-0.4, -0.2) is 5.11 Å². The first kappa shape index (κ1) is 14.9. The van der Waals surface area contributed by atoms with Gasteiger partial charge in [0.05, 0.1) is 18.2 Å². The first-order chi connectivity index (χ1) is 10.0. The van der Waals surface area contributed by atoms with Crippen LogP contribution in [0.1, 0.15) is 16.7 Å². The lowest BCUT2D eigenvalue weighted by Gasteiger charge is -2.10. The highest BCUT2D eigenvalue weighted by Crippen LogP contribution is 2.25. The number of benzene rings is 2. The van der Waals surface area contributed by atoms with Crippen molar-refractivity contribution < 1.29 is 23.0 Å². The molecule has 0 aliphatic rings. The zero-order valence-corrected chi connectivity index (χ0v) is 10.7. The van der Waals surface area contributed by atoms with E-state index in [1.165, 1.54) is 12.1 Å². The average Bonchev–Trinajstić information content (AvgIpc) is 2.47. The molecular formula is C15H10F3NO2. The summed E-state index contributed by atoms with van der Waals surface area (Å²) < 4.78 is 45.7. The van der Waals surface area contributed by atoms with Crippen LogP contribution < -0.4 is 4.74 Å². The largest absolute Gasteiger partial charge is 0.483 e. The number of rotatable bonds is 4. The molecule has 0 amide bonds. The maximum atomic E-state index is 13.6. The second kappa shape index (κ2) is 6.29. The Bertz CT molecular complexity index is 688. The van der Waals surface area contributed by atoms with Gasteiger partial charge in [0.2, 0.25) is 0 Å². The molecule has 108 valence electrons. The Balaban J connectivity index is 2.23. The number of nitriles is 1. The van der Waals surface area contributed by atoms with Crippen LogP contribution in [0.2, 0.25) is 0 Å². The molecule has 0 aromatic heterocycles. The maximum absolute atomic E-state index is 13.6. The van der Waals surface area contributed by atoms with Crippen molar-refractivity contribution in [1.29, 1.82) is 5.26 Å². The van der Waals surface area contributed by atoms with E-state index in [4.69, 9.17) is 15.1 Å². The van der Waals surface area contributed by atoms with E-state index in [1.807, 2.05) is 6.07 Å². The number of aliphatic hydroxyl groups excluding tert-OH is 1. The van der Waals surface area contributed by atoms with E-state index >= 15 is 0 Å². The zero-order chi connectivity index (χ0) is 15.4. The monoisotopic (exact) mass is 293 g/mol. The molecule has 0 saturated carbocycles. The van der Waals surface area contributed by atoms with Crippen molar-refractivity contribution in [3.63, 3.8) is 0 Å². The maximum Gasteiger partial charge on any atom is 0.191 e. The molecule has 0 spiro atoms. The highest BCUT2D eigenvalue weighted by atomic mass is 19.1. The van der Waals surface area contributed by atoms with E-state index in [0.717, 1.165) is 18.2 Å². The summed E-state index contributed by atoms with van der Waals surface area (Å²) in [7, 11) is 0. The molecule has 3 nitrogen and oxygen atoms in total. The number of nitrogens with zero attached hydrogens (tertiary/aromatic N) is 1. The van der Waals surface area contributed by atoms with Crippen LogP contribution in [0.25, 0.3) is 0 Å². The minimum atomic E-state index is -0.990. The van der Waals surface area contributed by atoms with Crippen LogP contribution in [0, 0.1) is 28.8 Å². The summed E-state index contributed by atoms with van der Waals surface area (Å²) >= 11 is 0. The summed E-state index contributed by atoms with van der Waals surface area (Å²) in [6, 6.07) is 7.31. The number of aliphatic hydroxyl groups is 1. The van der Waals surface area contributed by atoms with Crippen LogP contribution in [0.3, 0.4) is 0 Å². The first-order valence-electron chi connectivity index (χ1n) is 5.95. The van der Waals surface area contributed by atoms with Gasteiger partial charge in [-0.05, 0) is 35.9 Å². The molecule has 0 unspecified atom stereocenters. The molecule has 0 radical (unpaired) electrons. The molecule has 0 fully saturated rings. The Hall–Kier alpha value is -2.52. The molecule has 2 aromatic rings. The number of ether oxygens (including phenoxy) is 1. The van der Waals surface area contributed by atoms with Gasteiger partial charge >= 0.3 is 0 Å². The van der Waals surface area contributed by atoms with Gasteiger partial charge in [-0.3, -0.25) is 0 Å². The van der Waals surface area contributed by atoms with E-state index < -0.39 is 36.4 Å². The van der Waals surface area contributed by atoms with Gasteiger partial charge in [0.1, 0.15) is 12.4 Å². The zero-order valence-electron chi connectivity index (χ0n) is 10.7. The van der Waals surface area contributed by atoms with Crippen LogP contribution in [0.15, 0.2) is 30.3 Å². The molecule has 2 rings (SSSR count). The molecule has 21 heavy (non-hydrogen) atoms. The Morgan fingerprint density at radius 1 is 1.05 bits per heavy atom. The number of hydrogen-bond acceptors (Lipinski definition) is 3. The van der Waals surface area contributed by atoms with Crippen molar-refractivity contribution in [3.05, 3.63) is 64.5 Å². The molecule has 1 N–H and O–H groups in total. The van der Waals surface area contributed by atoms with Gasteiger partial charge in [-0.1, -0.05) is 0 Å². The van der Waals surface area contributed by atoms with Crippen LogP contribution in [-0.2, 0) is 13.2 Å². The van der Waals surface area contributed by atoms with Crippen LogP contribution in [0.4, 0.5) is 13.2 Å². The summed E-state index contributed by atoms with van der Waals surface area (Å²) in [5, 5.41) is 17.6. The molecular weight excluding hydrogens is 283 g/mol. The van der Waals surface area contributed by atoms with Gasteiger partial charge in [0, 0.05) is 5.56 Å². The van der Waals surface area contributed by atoms with E-state index in [0.29, 0.717) is 0 Å². The van der Waals surface area contributed by atoms with Gasteiger partial charge in [-0.25, -0.2) is 13.2 Å². The Morgan fingerprint density at radius 3 is 2.29 bits per heavy atom. The first-order valence-corrected chi connectivity index (χ1v) is 5.95. The van der Waals surface area contributed by atoms with Crippen molar-refractivity contribution in [1.82, 2.24) is 0 Å². The fourth-order valence-corrected chi connectivity index (χ4v) is 1.75. The third-order valence-corrected chi connectivity index (χ3v) is 2.79. The van der Waals surface area contributed by atoms with E-state index in [2.05, 4.69) is 0 Å². The predicted molar refractivity (Wildman–Crippen MR) is 67.7 cm³/mol. The summed E-state index contributed by atoms with van der Waals surface area (Å²) in [6.45, 7) is -0.930. The van der Waals surface area contributed by atoms with Crippen molar-refractivity contribution in [2.45, 2.75) is 13.2 Å². The van der Waals surface area contributed by atoms with Crippen LogP contribution >= 0.6 is 0 Å². The molecule has 6 heteroatoms. The molecule has 2 aromatic carbocycles. The Morgan fingerprint density at radius 2 is 1.71 bits per heavy atom. The quantitative estimate of drug-likeness (QED) is 0.942. The lowest BCUT2D eigenvalue weighted by Crippen LogP contribution is -2.03. The minimum absolute atomic E-state index is 0.0130. The fourth-order valence-electron chi connectivity index (χ4n) is 1.75. The normalized spacial score (nSPS) is 10.2. The standard InChI is InChI=1S/C15H10F3NO2/c16-12-2-1-9(6-19)3-11(12)8-21-15-13(17)4-10(7-20)5-14(15)18/h1-5,20H,7-8H2. The third-order valence-electron chi connectivity index (χ3n) is 2.79. The number of hydrogen-bond donors (Lipinski definition) is 1. The van der Waals surface area contributed by atoms with E-state index in [1.54, 1.807) is 0 Å². The molecule has 0 bridgehead atoms. The second-order valence-corrected chi connectivity index (χ2v) is 4.25. The summed E-state index contributed by atoms with van der Waals surface area (Å²) in [4.78, 5) is 0. The fraction of sp³-hybridized carbons (Fsp3) is 0.133. The lowest BCUT2D eigenvalue weighted by molar-refractivity contribution is 0.263. The summed E-state index contributed by atoms with van der Waals surface area (Å²) in [5.74, 6) is -3.28. The minimum Gasteiger partial charge on any atom is -0.483 e. The molecule has 0 aliphatic heterocycles. The van der Waals surface area contributed by atoms with Crippen molar-refractivity contribution in [2.75, 3.05) is 0 Å². The molecule has 0 atom stereocenters. The molecule has 0 heterocycles. The highest BCUT2D eigenvalue weighted by molar-refractivity contribution is 5.35. The van der Waals surface area contributed by atoms with Crippen molar-refractivity contribution in [2.24, 2.45) is 0 Å². The van der Waals surface area contributed by atoms with Gasteiger partial charge in [-0.2, -0.15) is 5.26 Å². The Kier molecular flexibility index (Phi) is 4.45. The molecule has 0 aliphatic carbocycles. The van der Waals surface area contributed by atoms with Crippen molar-refractivity contribution in [3.8, 4) is 11.8 Å². The smallest absolute Gasteiger partial charge is 0.191 e. The van der Waals surface area contributed by atoms with E-state index in [9.17, 15) is 13.2 Å². The number of halogens is 3. The predicted octanol–water partition coefficient (Wildman–Crippen LogP) is 3.05. The second-order valence-electron chi connectivity index (χ2n) is 4.25. The average molecular weight is 293 g/mol. The Labute approximate surface area is 118 Å². The van der Waals surface area contributed by atoms with Gasteiger partial charge in [0.25, 0.3) is 0 Å². The summed E-state index contributed by atoms with van der Waals surface area (Å²) in [5.41, 5.74) is 0.292. The third kappa shape index (κ3) is 3.33. The molecule has 0 saturated heterocycles.